The lowest BCUT2D eigenvalue weighted by Gasteiger charge is -2.24. The maximum absolute atomic E-state index is 13.9. The number of halogens is 6. The topological polar surface area (TPSA) is 12.0 Å². The quantitative estimate of drug-likeness (QED) is 0.158. The van der Waals surface area contributed by atoms with Gasteiger partial charge in [0.1, 0.15) is 0 Å². The smallest absolute Gasteiger partial charge is 0.255 e. The van der Waals surface area contributed by atoms with Crippen LogP contribution in [0.15, 0.2) is 0 Å². The van der Waals surface area contributed by atoms with Gasteiger partial charge in [-0.3, -0.25) is 5.32 Å². The predicted molar refractivity (Wildman–Crippen MR) is 98.7 cm³/mol. The summed E-state index contributed by atoms with van der Waals surface area (Å²) in [5.41, 5.74) is 0. The molecule has 0 aromatic carbocycles. The molecule has 0 saturated carbocycles. The van der Waals surface area contributed by atoms with Gasteiger partial charge in [-0.25, -0.2) is 4.39 Å². The monoisotopic (exact) mass is 405 g/mol. The summed E-state index contributed by atoms with van der Waals surface area (Å²) >= 11 is 0. The van der Waals surface area contributed by atoms with E-state index in [4.69, 9.17) is 0 Å². The summed E-state index contributed by atoms with van der Waals surface area (Å²) in [6.07, 6.45) is -1.81. The highest BCUT2D eigenvalue weighted by atomic mass is 19.4. The second-order valence-electron chi connectivity index (χ2n) is 7.78. The molecule has 27 heavy (non-hydrogen) atoms. The zero-order valence-electron chi connectivity index (χ0n) is 17.0. The van der Waals surface area contributed by atoms with Crippen molar-refractivity contribution in [2.75, 3.05) is 6.54 Å². The summed E-state index contributed by atoms with van der Waals surface area (Å²) in [4.78, 5) is 0. The van der Waals surface area contributed by atoms with E-state index in [9.17, 15) is 26.3 Å². The molecular formula is C20H37F6N. The summed E-state index contributed by atoms with van der Waals surface area (Å²) < 4.78 is 77.5. The van der Waals surface area contributed by atoms with Gasteiger partial charge in [0.15, 0.2) is 6.17 Å². The van der Waals surface area contributed by atoms with Crippen LogP contribution in [0.2, 0.25) is 0 Å². The number of hydrogen-bond acceptors (Lipinski definition) is 1. The van der Waals surface area contributed by atoms with E-state index in [-0.39, 0.29) is 38.1 Å². The van der Waals surface area contributed by atoms with Crippen LogP contribution in [0.4, 0.5) is 26.3 Å². The van der Waals surface area contributed by atoms with Crippen molar-refractivity contribution in [1.82, 2.24) is 5.32 Å². The number of nitrogens with one attached hydrogen (secondary N) is 1. The third kappa shape index (κ3) is 14.2. The molecule has 3 unspecified atom stereocenters. The first-order valence-electron chi connectivity index (χ1n) is 10.3. The first kappa shape index (κ1) is 26.5. The second-order valence-corrected chi connectivity index (χ2v) is 7.78. The maximum Gasteiger partial charge on any atom is 0.389 e. The molecule has 1 N–H and O–H groups in total. The molecule has 0 spiro atoms. The second kappa shape index (κ2) is 13.7. The van der Waals surface area contributed by atoms with E-state index in [2.05, 4.69) is 13.8 Å². The summed E-state index contributed by atoms with van der Waals surface area (Å²) in [7, 11) is 0. The third-order valence-corrected chi connectivity index (χ3v) is 5.09. The van der Waals surface area contributed by atoms with Gasteiger partial charge in [-0.15, -0.1) is 0 Å². The molecule has 0 aliphatic heterocycles. The van der Waals surface area contributed by atoms with Crippen molar-refractivity contribution in [3.63, 3.8) is 0 Å². The molecule has 0 aliphatic rings. The highest BCUT2D eigenvalue weighted by Gasteiger charge is 2.39. The van der Waals surface area contributed by atoms with Crippen LogP contribution in [0.1, 0.15) is 91.4 Å². The first-order chi connectivity index (χ1) is 12.5. The van der Waals surface area contributed by atoms with Gasteiger partial charge in [-0.1, -0.05) is 65.7 Å². The molecular weight excluding hydrogens is 368 g/mol. The standard InChI is InChI=1S/C20H37F6N/c1-4-10-17(5-2)13-12-16(3)15-27-20(25,26)18(21)11-8-6-7-9-14-19(22,23)24/h16-18,27H,4-15H2,1-3H3. The average molecular weight is 406 g/mol. The Morgan fingerprint density at radius 3 is 2.00 bits per heavy atom. The molecule has 3 atom stereocenters. The van der Waals surface area contributed by atoms with Crippen LogP contribution in [-0.2, 0) is 0 Å². The van der Waals surface area contributed by atoms with Crippen molar-refractivity contribution in [2.24, 2.45) is 11.8 Å². The average Bonchev–Trinajstić information content (AvgIpc) is 2.58. The van der Waals surface area contributed by atoms with Crippen LogP contribution in [0.5, 0.6) is 0 Å². The summed E-state index contributed by atoms with van der Waals surface area (Å²) in [5.74, 6) is 0.653. The van der Waals surface area contributed by atoms with Gasteiger partial charge in [0, 0.05) is 13.0 Å². The van der Waals surface area contributed by atoms with E-state index in [0.29, 0.717) is 12.3 Å². The van der Waals surface area contributed by atoms with Crippen molar-refractivity contribution in [3.8, 4) is 0 Å². The van der Waals surface area contributed by atoms with Crippen molar-refractivity contribution in [3.05, 3.63) is 0 Å². The fourth-order valence-electron chi connectivity index (χ4n) is 3.19. The Morgan fingerprint density at radius 2 is 1.44 bits per heavy atom. The molecule has 0 bridgehead atoms. The minimum absolute atomic E-state index is 0.0383. The molecule has 0 heterocycles. The van der Waals surface area contributed by atoms with Gasteiger partial charge in [0.05, 0.1) is 0 Å². The Balaban J connectivity index is 3.98. The first-order valence-corrected chi connectivity index (χ1v) is 10.3. The lowest BCUT2D eigenvalue weighted by Crippen LogP contribution is -2.46. The molecule has 0 aliphatic carbocycles. The highest BCUT2D eigenvalue weighted by Crippen LogP contribution is 2.26. The Bertz CT molecular complexity index is 359. The van der Waals surface area contributed by atoms with Crippen LogP contribution >= 0.6 is 0 Å². The van der Waals surface area contributed by atoms with Gasteiger partial charge < -0.3 is 0 Å². The lowest BCUT2D eigenvalue weighted by molar-refractivity contribution is -0.135. The Hall–Kier alpha value is -0.460. The van der Waals surface area contributed by atoms with Crippen molar-refractivity contribution in [2.45, 2.75) is 110 Å². The lowest BCUT2D eigenvalue weighted by atomic mass is 9.91. The molecule has 0 amide bonds. The van der Waals surface area contributed by atoms with Gasteiger partial charge in [-0.05, 0) is 31.1 Å². The Morgan fingerprint density at radius 1 is 0.815 bits per heavy atom. The molecule has 0 saturated heterocycles. The Labute approximate surface area is 160 Å². The molecule has 0 aromatic heterocycles. The van der Waals surface area contributed by atoms with E-state index in [1.54, 1.807) is 0 Å². The van der Waals surface area contributed by atoms with Gasteiger partial charge in [0.2, 0.25) is 0 Å². The predicted octanol–water partition coefficient (Wildman–Crippen LogP) is 7.65. The van der Waals surface area contributed by atoms with Gasteiger partial charge in [0.25, 0.3) is 0 Å². The molecule has 164 valence electrons. The van der Waals surface area contributed by atoms with E-state index >= 15 is 0 Å². The molecule has 0 fully saturated rings. The normalized spacial score (nSPS) is 16.3. The van der Waals surface area contributed by atoms with Gasteiger partial charge >= 0.3 is 12.2 Å². The van der Waals surface area contributed by atoms with E-state index in [1.807, 2.05) is 12.2 Å². The Kier molecular flexibility index (Phi) is 13.4. The number of rotatable bonds is 16. The van der Waals surface area contributed by atoms with Crippen LogP contribution in [0.3, 0.4) is 0 Å². The van der Waals surface area contributed by atoms with Gasteiger partial charge in [-0.2, -0.15) is 22.0 Å². The summed E-state index contributed by atoms with van der Waals surface area (Å²) in [5, 5.41) is 2.05. The zero-order valence-corrected chi connectivity index (χ0v) is 17.0. The number of hydrogen-bond donors (Lipinski definition) is 1. The SMILES string of the molecule is CCCC(CC)CCC(C)CNC(F)(F)C(F)CCCCCCC(F)(F)F. The van der Waals surface area contributed by atoms with Crippen molar-refractivity contribution in [1.29, 1.82) is 0 Å². The maximum atomic E-state index is 13.9. The van der Waals surface area contributed by atoms with Crippen molar-refractivity contribution >= 4 is 0 Å². The largest absolute Gasteiger partial charge is 0.389 e. The summed E-state index contributed by atoms with van der Waals surface area (Å²) in [6.45, 7) is 6.21. The fourth-order valence-corrected chi connectivity index (χ4v) is 3.19. The molecule has 1 nitrogen and oxygen atoms in total. The van der Waals surface area contributed by atoms with E-state index in [1.165, 1.54) is 0 Å². The fraction of sp³-hybridized carbons (Fsp3) is 1.00. The minimum atomic E-state index is -4.19. The van der Waals surface area contributed by atoms with Crippen LogP contribution < -0.4 is 5.32 Å². The molecule has 0 radical (unpaired) electrons. The third-order valence-electron chi connectivity index (χ3n) is 5.09. The van der Waals surface area contributed by atoms with Crippen LogP contribution in [-0.4, -0.2) is 24.9 Å². The highest BCUT2D eigenvalue weighted by molar-refractivity contribution is 4.76. The van der Waals surface area contributed by atoms with E-state index in [0.717, 1.165) is 32.1 Å². The van der Waals surface area contributed by atoms with Crippen LogP contribution in [0.25, 0.3) is 0 Å². The van der Waals surface area contributed by atoms with Crippen LogP contribution in [0, 0.1) is 11.8 Å². The molecule has 7 heteroatoms. The van der Waals surface area contributed by atoms with Crippen molar-refractivity contribution < 1.29 is 26.3 Å². The zero-order chi connectivity index (χ0) is 20.9. The summed E-state index contributed by atoms with van der Waals surface area (Å²) in [6, 6.07) is -3.59. The number of alkyl halides is 6. The minimum Gasteiger partial charge on any atom is -0.255 e. The van der Waals surface area contributed by atoms with E-state index < -0.39 is 24.8 Å². The number of unbranched alkanes of at least 4 members (excludes halogenated alkanes) is 3. The molecule has 0 aromatic rings. The molecule has 0 rings (SSSR count).